The fourth-order valence-electron chi connectivity index (χ4n) is 3.20. The van der Waals surface area contributed by atoms with Crippen LogP contribution in [0, 0.1) is 11.3 Å². The van der Waals surface area contributed by atoms with Crippen LogP contribution in [0.25, 0.3) is 0 Å². The highest BCUT2D eigenvalue weighted by atomic mass is 16.2. The summed E-state index contributed by atoms with van der Waals surface area (Å²) < 4.78 is 0. The van der Waals surface area contributed by atoms with E-state index in [1.165, 1.54) is 0 Å². The molecule has 0 saturated heterocycles. The molecule has 29 heavy (non-hydrogen) atoms. The molecule has 0 aliphatic heterocycles. The molecule has 0 unspecified atom stereocenters. The molecule has 6 nitrogen and oxygen atoms in total. The molecule has 2 N–H and O–H groups in total. The predicted octanol–water partition coefficient (Wildman–Crippen LogP) is 3.05. The number of hydrogen-bond acceptors (Lipinski definition) is 4. The van der Waals surface area contributed by atoms with Crippen molar-refractivity contribution < 1.29 is 9.59 Å². The molecule has 0 bridgehead atoms. The van der Waals surface area contributed by atoms with Crippen molar-refractivity contribution >= 4 is 17.5 Å². The minimum atomic E-state index is -0.0270. The van der Waals surface area contributed by atoms with Gasteiger partial charge in [0.15, 0.2) is 0 Å². The number of nitrogens with one attached hydrogen (secondary N) is 2. The second-order valence-corrected chi connectivity index (χ2v) is 7.74. The number of nitriles is 1. The molecule has 2 aliphatic carbocycles. The number of benzene rings is 2. The Morgan fingerprint density at radius 3 is 2.28 bits per heavy atom. The van der Waals surface area contributed by atoms with E-state index in [2.05, 4.69) is 16.7 Å². The number of rotatable bonds is 8. The SMILES string of the molecule is N#Cc1ccc(NCC(=O)N(Cc2ccc(C(=O)NC3CC3)cc2)C2CC2)cc1. The van der Waals surface area contributed by atoms with Gasteiger partial charge in [0.1, 0.15) is 0 Å². The van der Waals surface area contributed by atoms with E-state index >= 15 is 0 Å². The molecule has 2 amide bonds. The lowest BCUT2D eigenvalue weighted by Gasteiger charge is -2.23. The Labute approximate surface area is 170 Å². The normalized spacial score (nSPS) is 15.3. The van der Waals surface area contributed by atoms with Crippen LogP contribution in [0.15, 0.2) is 48.5 Å². The molecule has 148 valence electrons. The Bertz CT molecular complexity index is 923. The molecule has 0 aromatic heterocycles. The molecule has 6 heteroatoms. The van der Waals surface area contributed by atoms with Gasteiger partial charge in [0, 0.05) is 29.9 Å². The van der Waals surface area contributed by atoms with Gasteiger partial charge in [-0.2, -0.15) is 5.26 Å². The monoisotopic (exact) mass is 388 g/mol. The Balaban J connectivity index is 1.34. The minimum Gasteiger partial charge on any atom is -0.376 e. The average molecular weight is 388 g/mol. The highest BCUT2D eigenvalue weighted by molar-refractivity contribution is 5.94. The lowest BCUT2D eigenvalue weighted by molar-refractivity contribution is -0.130. The lowest BCUT2D eigenvalue weighted by Crippen LogP contribution is -2.36. The number of anilines is 1. The number of nitrogens with zero attached hydrogens (tertiary/aromatic N) is 2. The largest absolute Gasteiger partial charge is 0.376 e. The standard InChI is InChI=1S/C23H24N4O2/c24-13-16-3-7-19(8-4-16)25-14-22(28)27(21-11-12-21)15-17-1-5-18(6-2-17)23(29)26-20-9-10-20/h1-8,20-21,25H,9-12,14-15H2,(H,26,29). The first-order valence-electron chi connectivity index (χ1n) is 10.1. The fourth-order valence-corrected chi connectivity index (χ4v) is 3.20. The van der Waals surface area contributed by atoms with E-state index in [-0.39, 0.29) is 18.4 Å². The van der Waals surface area contributed by atoms with Gasteiger partial charge in [0.2, 0.25) is 5.91 Å². The maximum absolute atomic E-state index is 12.8. The second kappa shape index (κ2) is 8.36. The van der Waals surface area contributed by atoms with Gasteiger partial charge in [-0.25, -0.2) is 0 Å². The number of carbonyl (C=O) groups is 2. The summed E-state index contributed by atoms with van der Waals surface area (Å²) in [5.41, 5.74) is 3.09. The summed E-state index contributed by atoms with van der Waals surface area (Å²) in [5.74, 6) is 0.0215. The number of carbonyl (C=O) groups excluding carboxylic acids is 2. The first-order chi connectivity index (χ1) is 14.1. The zero-order valence-electron chi connectivity index (χ0n) is 16.2. The average Bonchev–Trinajstić information content (AvgIpc) is 3.66. The van der Waals surface area contributed by atoms with E-state index in [0.717, 1.165) is 36.9 Å². The third kappa shape index (κ3) is 5.14. The van der Waals surface area contributed by atoms with Crippen LogP contribution in [0.4, 0.5) is 5.69 Å². The van der Waals surface area contributed by atoms with Crippen molar-refractivity contribution in [1.29, 1.82) is 5.26 Å². The van der Waals surface area contributed by atoms with Crippen LogP contribution >= 0.6 is 0 Å². The zero-order chi connectivity index (χ0) is 20.2. The van der Waals surface area contributed by atoms with Gasteiger partial charge in [-0.3, -0.25) is 9.59 Å². The molecule has 2 aliphatic rings. The third-order valence-corrected chi connectivity index (χ3v) is 5.25. The number of hydrogen-bond donors (Lipinski definition) is 2. The van der Waals surface area contributed by atoms with Gasteiger partial charge in [-0.15, -0.1) is 0 Å². The molecular weight excluding hydrogens is 364 g/mol. The van der Waals surface area contributed by atoms with Crippen molar-refractivity contribution in [2.45, 2.75) is 44.3 Å². The summed E-state index contributed by atoms with van der Waals surface area (Å²) in [7, 11) is 0. The Morgan fingerprint density at radius 2 is 1.69 bits per heavy atom. The summed E-state index contributed by atoms with van der Waals surface area (Å²) >= 11 is 0. The van der Waals surface area contributed by atoms with Crippen LogP contribution in [-0.2, 0) is 11.3 Å². The van der Waals surface area contributed by atoms with E-state index in [1.807, 2.05) is 29.2 Å². The fraction of sp³-hybridized carbons (Fsp3) is 0.348. The number of amides is 2. The van der Waals surface area contributed by atoms with Crippen molar-refractivity contribution in [3.05, 3.63) is 65.2 Å². The molecule has 0 heterocycles. The van der Waals surface area contributed by atoms with Crippen molar-refractivity contribution in [2.75, 3.05) is 11.9 Å². The van der Waals surface area contributed by atoms with E-state index in [1.54, 1.807) is 24.3 Å². The van der Waals surface area contributed by atoms with Gasteiger partial charge in [0.25, 0.3) is 5.91 Å². The molecule has 2 aromatic rings. The summed E-state index contributed by atoms with van der Waals surface area (Å²) in [6, 6.07) is 17.3. The zero-order valence-corrected chi connectivity index (χ0v) is 16.2. The summed E-state index contributed by atoms with van der Waals surface area (Å²) in [6.07, 6.45) is 4.20. The molecule has 2 aromatic carbocycles. The van der Waals surface area contributed by atoms with E-state index < -0.39 is 0 Å². The van der Waals surface area contributed by atoms with Gasteiger partial charge < -0.3 is 15.5 Å². The quantitative estimate of drug-likeness (QED) is 0.728. The van der Waals surface area contributed by atoms with Crippen molar-refractivity contribution in [1.82, 2.24) is 10.2 Å². The van der Waals surface area contributed by atoms with Crippen LogP contribution in [0.3, 0.4) is 0 Å². The predicted molar refractivity (Wildman–Crippen MR) is 110 cm³/mol. The van der Waals surface area contributed by atoms with Crippen LogP contribution in [0.2, 0.25) is 0 Å². The maximum atomic E-state index is 12.8. The van der Waals surface area contributed by atoms with Crippen LogP contribution in [-0.4, -0.2) is 35.3 Å². The van der Waals surface area contributed by atoms with Crippen molar-refractivity contribution in [3.8, 4) is 6.07 Å². The van der Waals surface area contributed by atoms with Gasteiger partial charge in [-0.05, 0) is 67.6 Å². The van der Waals surface area contributed by atoms with Crippen molar-refractivity contribution in [3.63, 3.8) is 0 Å². The Morgan fingerprint density at radius 1 is 1.00 bits per heavy atom. The molecule has 2 saturated carbocycles. The third-order valence-electron chi connectivity index (χ3n) is 5.25. The highest BCUT2D eigenvalue weighted by Gasteiger charge is 2.32. The second-order valence-electron chi connectivity index (χ2n) is 7.74. The molecule has 4 rings (SSSR count). The molecule has 0 atom stereocenters. The molecule has 0 radical (unpaired) electrons. The van der Waals surface area contributed by atoms with E-state index in [4.69, 9.17) is 5.26 Å². The van der Waals surface area contributed by atoms with Crippen LogP contribution in [0.1, 0.15) is 47.2 Å². The summed E-state index contributed by atoms with van der Waals surface area (Å²) in [6.45, 7) is 0.757. The Hall–Kier alpha value is -3.33. The Kier molecular flexibility index (Phi) is 5.48. The minimum absolute atomic E-state index is 0.0270. The molecule has 0 spiro atoms. The first-order valence-corrected chi connectivity index (χ1v) is 10.1. The molecule has 2 fully saturated rings. The van der Waals surface area contributed by atoms with Gasteiger partial charge in [-0.1, -0.05) is 12.1 Å². The smallest absolute Gasteiger partial charge is 0.251 e. The molecular formula is C23H24N4O2. The van der Waals surface area contributed by atoms with E-state index in [9.17, 15) is 9.59 Å². The maximum Gasteiger partial charge on any atom is 0.251 e. The highest BCUT2D eigenvalue weighted by Crippen LogP contribution is 2.28. The lowest BCUT2D eigenvalue weighted by atomic mass is 10.1. The van der Waals surface area contributed by atoms with Crippen LogP contribution < -0.4 is 10.6 Å². The summed E-state index contributed by atoms with van der Waals surface area (Å²) in [5, 5.41) is 15.0. The van der Waals surface area contributed by atoms with Crippen molar-refractivity contribution in [2.24, 2.45) is 0 Å². The topological polar surface area (TPSA) is 85.2 Å². The first kappa shape index (κ1) is 19.0. The summed E-state index contributed by atoms with van der Waals surface area (Å²) in [4.78, 5) is 26.8. The van der Waals surface area contributed by atoms with Crippen LogP contribution in [0.5, 0.6) is 0 Å². The van der Waals surface area contributed by atoms with Gasteiger partial charge in [0.05, 0.1) is 18.2 Å². The van der Waals surface area contributed by atoms with Gasteiger partial charge >= 0.3 is 0 Å². The van der Waals surface area contributed by atoms with E-state index in [0.29, 0.717) is 29.8 Å².